The molecule has 2 aromatic rings. The predicted octanol–water partition coefficient (Wildman–Crippen LogP) is 3.16. The van der Waals surface area contributed by atoms with E-state index in [-0.39, 0.29) is 18.2 Å². The summed E-state index contributed by atoms with van der Waals surface area (Å²) in [5.41, 5.74) is 0.661. The van der Waals surface area contributed by atoms with E-state index in [1.165, 1.54) is 24.4 Å². The first-order chi connectivity index (χ1) is 8.19. The van der Waals surface area contributed by atoms with E-state index in [1.807, 2.05) is 0 Å². The molecule has 0 saturated carbocycles. The van der Waals surface area contributed by atoms with Gasteiger partial charge in [0.25, 0.3) is 0 Å². The number of rotatable bonds is 3. The molecule has 1 aromatic heterocycles. The maximum atomic E-state index is 13.4. The van der Waals surface area contributed by atoms with Gasteiger partial charge < -0.3 is 9.84 Å². The highest BCUT2D eigenvalue weighted by Crippen LogP contribution is 2.25. The molecule has 0 radical (unpaired) electrons. The third-order valence-electron chi connectivity index (χ3n) is 2.09. The smallest absolute Gasteiger partial charge is 0.219 e. The Hall–Kier alpha value is -1.65. The van der Waals surface area contributed by atoms with Gasteiger partial charge in [0.05, 0.1) is 6.61 Å². The van der Waals surface area contributed by atoms with Gasteiger partial charge in [-0.25, -0.2) is 9.37 Å². The lowest BCUT2D eigenvalue weighted by Gasteiger charge is -2.06. The lowest BCUT2D eigenvalue weighted by molar-refractivity contribution is 0.281. The minimum atomic E-state index is -0.550. The van der Waals surface area contributed by atoms with E-state index in [1.54, 1.807) is 12.1 Å². The zero-order chi connectivity index (χ0) is 12.3. The number of halogens is 2. The van der Waals surface area contributed by atoms with Gasteiger partial charge in [0.1, 0.15) is 0 Å². The molecule has 1 N–H and O–H groups in total. The van der Waals surface area contributed by atoms with Crippen LogP contribution in [0.25, 0.3) is 0 Å². The third-order valence-corrected chi connectivity index (χ3v) is 2.32. The second-order valence-electron chi connectivity index (χ2n) is 3.34. The van der Waals surface area contributed by atoms with Crippen LogP contribution in [0.2, 0.25) is 5.02 Å². The van der Waals surface area contributed by atoms with Gasteiger partial charge in [-0.1, -0.05) is 11.6 Å². The topological polar surface area (TPSA) is 42.4 Å². The molecule has 2 rings (SSSR count). The molecule has 0 saturated heterocycles. The van der Waals surface area contributed by atoms with Crippen LogP contribution in [0.5, 0.6) is 11.6 Å². The quantitative estimate of drug-likeness (QED) is 0.914. The average molecular weight is 254 g/mol. The summed E-state index contributed by atoms with van der Waals surface area (Å²) < 4.78 is 18.6. The van der Waals surface area contributed by atoms with E-state index in [0.717, 1.165) is 0 Å². The lowest BCUT2D eigenvalue weighted by Crippen LogP contribution is -1.92. The van der Waals surface area contributed by atoms with E-state index >= 15 is 0 Å². The van der Waals surface area contributed by atoms with E-state index < -0.39 is 5.82 Å². The van der Waals surface area contributed by atoms with Gasteiger partial charge in [-0.15, -0.1) is 0 Å². The van der Waals surface area contributed by atoms with Crippen LogP contribution in [0.15, 0.2) is 36.5 Å². The number of aliphatic hydroxyl groups is 1. The summed E-state index contributed by atoms with van der Waals surface area (Å²) in [5.74, 6) is -0.243. The highest BCUT2D eigenvalue weighted by molar-refractivity contribution is 6.30. The molecule has 0 fully saturated rings. The molecule has 0 aliphatic rings. The first-order valence-corrected chi connectivity index (χ1v) is 5.25. The molecule has 0 unspecified atom stereocenters. The molecule has 5 heteroatoms. The van der Waals surface area contributed by atoms with Crippen molar-refractivity contribution in [2.24, 2.45) is 0 Å². The fraction of sp³-hybridized carbons (Fsp3) is 0.0833. The Morgan fingerprint density at radius 2 is 2.12 bits per heavy atom. The zero-order valence-corrected chi connectivity index (χ0v) is 9.49. The summed E-state index contributed by atoms with van der Waals surface area (Å²) in [6.07, 6.45) is 1.46. The predicted molar refractivity (Wildman–Crippen MR) is 61.6 cm³/mol. The number of pyridine rings is 1. The summed E-state index contributed by atoms with van der Waals surface area (Å²) in [6.45, 7) is -0.0947. The Labute approximate surface area is 102 Å². The molecule has 3 nitrogen and oxygen atoms in total. The van der Waals surface area contributed by atoms with Crippen LogP contribution < -0.4 is 4.74 Å². The zero-order valence-electron chi connectivity index (χ0n) is 8.73. The molecule has 17 heavy (non-hydrogen) atoms. The summed E-state index contributed by atoms with van der Waals surface area (Å²) >= 11 is 5.62. The van der Waals surface area contributed by atoms with Crippen molar-refractivity contribution in [2.45, 2.75) is 6.61 Å². The van der Waals surface area contributed by atoms with Gasteiger partial charge in [0.15, 0.2) is 11.6 Å². The molecule has 88 valence electrons. The van der Waals surface area contributed by atoms with Crippen LogP contribution in [0.3, 0.4) is 0 Å². The molecular formula is C12H9ClFNO2. The number of ether oxygens (including phenoxy) is 1. The summed E-state index contributed by atoms with van der Waals surface area (Å²) in [7, 11) is 0. The van der Waals surface area contributed by atoms with E-state index in [9.17, 15) is 4.39 Å². The van der Waals surface area contributed by atoms with Crippen LogP contribution in [-0.4, -0.2) is 10.1 Å². The van der Waals surface area contributed by atoms with Crippen molar-refractivity contribution >= 4 is 11.6 Å². The maximum absolute atomic E-state index is 13.4. The fourth-order valence-electron chi connectivity index (χ4n) is 1.24. The SMILES string of the molecule is OCc1ccc(Oc2ccc(Cl)cc2F)nc1. The fourth-order valence-corrected chi connectivity index (χ4v) is 1.39. The first-order valence-electron chi connectivity index (χ1n) is 4.88. The summed E-state index contributed by atoms with van der Waals surface area (Å²) in [6, 6.07) is 7.33. The minimum Gasteiger partial charge on any atom is -0.436 e. The largest absolute Gasteiger partial charge is 0.436 e. The second kappa shape index (κ2) is 5.12. The highest BCUT2D eigenvalue weighted by Gasteiger charge is 2.06. The number of aromatic nitrogens is 1. The van der Waals surface area contributed by atoms with Gasteiger partial charge in [-0.05, 0) is 29.8 Å². The molecule has 0 aliphatic heterocycles. The van der Waals surface area contributed by atoms with Crippen LogP contribution >= 0.6 is 11.6 Å². The lowest BCUT2D eigenvalue weighted by atomic mass is 10.3. The Morgan fingerprint density at radius 1 is 1.29 bits per heavy atom. The minimum absolute atomic E-state index is 0.0543. The van der Waals surface area contributed by atoms with Crippen molar-refractivity contribution in [1.82, 2.24) is 4.98 Å². The Balaban J connectivity index is 2.19. The third kappa shape index (κ3) is 2.93. The van der Waals surface area contributed by atoms with Crippen molar-refractivity contribution in [3.63, 3.8) is 0 Å². The first kappa shape index (κ1) is 11.8. The van der Waals surface area contributed by atoms with Crippen LogP contribution in [-0.2, 0) is 6.61 Å². The van der Waals surface area contributed by atoms with Gasteiger partial charge in [-0.3, -0.25) is 0 Å². The van der Waals surface area contributed by atoms with Crippen LogP contribution in [0.4, 0.5) is 4.39 Å². The van der Waals surface area contributed by atoms with Crippen molar-refractivity contribution in [2.75, 3.05) is 0 Å². The van der Waals surface area contributed by atoms with E-state index in [0.29, 0.717) is 10.6 Å². The summed E-state index contributed by atoms with van der Waals surface area (Å²) in [5, 5.41) is 9.14. The second-order valence-corrected chi connectivity index (χ2v) is 3.78. The van der Waals surface area contributed by atoms with Crippen molar-refractivity contribution in [3.8, 4) is 11.6 Å². The van der Waals surface area contributed by atoms with Gasteiger partial charge >= 0.3 is 0 Å². The molecule has 0 spiro atoms. The molecule has 1 aromatic carbocycles. The van der Waals surface area contributed by atoms with Gasteiger partial charge in [-0.2, -0.15) is 0 Å². The van der Waals surface area contributed by atoms with Gasteiger partial charge in [0.2, 0.25) is 5.88 Å². The standard InChI is InChI=1S/C12H9ClFNO2/c13-9-2-3-11(10(14)5-9)17-12-4-1-8(7-16)6-15-12/h1-6,16H,7H2. The molecule has 0 bridgehead atoms. The Morgan fingerprint density at radius 3 is 2.71 bits per heavy atom. The number of nitrogens with zero attached hydrogens (tertiary/aromatic N) is 1. The average Bonchev–Trinajstić information content (AvgIpc) is 2.34. The Kier molecular flexibility index (Phi) is 3.56. The molecule has 0 amide bonds. The number of hydrogen-bond acceptors (Lipinski definition) is 3. The number of hydrogen-bond donors (Lipinski definition) is 1. The maximum Gasteiger partial charge on any atom is 0.219 e. The Bertz CT molecular complexity index is 516. The number of benzene rings is 1. The van der Waals surface area contributed by atoms with Crippen LogP contribution in [0, 0.1) is 5.82 Å². The molecule has 0 aliphatic carbocycles. The van der Waals surface area contributed by atoms with Crippen molar-refractivity contribution < 1.29 is 14.2 Å². The monoisotopic (exact) mass is 253 g/mol. The van der Waals surface area contributed by atoms with Crippen LogP contribution in [0.1, 0.15) is 5.56 Å². The normalized spacial score (nSPS) is 10.3. The van der Waals surface area contributed by atoms with E-state index in [4.69, 9.17) is 21.4 Å². The molecule has 0 atom stereocenters. The summed E-state index contributed by atoms with van der Waals surface area (Å²) in [4.78, 5) is 3.93. The number of aliphatic hydroxyl groups excluding tert-OH is 1. The van der Waals surface area contributed by atoms with Crippen molar-refractivity contribution in [3.05, 3.63) is 52.9 Å². The molecule has 1 heterocycles. The van der Waals surface area contributed by atoms with Gasteiger partial charge in [0, 0.05) is 17.3 Å². The highest BCUT2D eigenvalue weighted by atomic mass is 35.5. The van der Waals surface area contributed by atoms with Crippen molar-refractivity contribution in [1.29, 1.82) is 0 Å². The molecular weight excluding hydrogens is 245 g/mol. The van der Waals surface area contributed by atoms with E-state index in [2.05, 4.69) is 4.98 Å².